The van der Waals surface area contributed by atoms with Crippen molar-refractivity contribution in [1.82, 2.24) is 29.7 Å². The van der Waals surface area contributed by atoms with Crippen molar-refractivity contribution in [3.8, 4) is 0 Å². The average Bonchev–Trinajstić information content (AvgIpc) is 3.33. The van der Waals surface area contributed by atoms with Crippen molar-refractivity contribution in [2.45, 2.75) is 59.0 Å². The van der Waals surface area contributed by atoms with Gasteiger partial charge < -0.3 is 9.64 Å². The molecule has 8 nitrogen and oxygen atoms in total. The summed E-state index contributed by atoms with van der Waals surface area (Å²) < 4.78 is 7.84. The Morgan fingerprint density at radius 3 is 2.61 bits per heavy atom. The molecule has 2 aliphatic rings. The molecule has 0 spiro atoms. The Kier molecular flexibility index (Phi) is 4.92. The van der Waals surface area contributed by atoms with Crippen molar-refractivity contribution in [2.75, 3.05) is 24.6 Å². The molecule has 3 aromatic rings. The smallest absolute Gasteiger partial charge is 0.227 e. The number of nitrogens with zero attached hydrogens (tertiary/aromatic N) is 7. The summed E-state index contributed by atoms with van der Waals surface area (Å²) >= 11 is 0. The summed E-state index contributed by atoms with van der Waals surface area (Å²) in [6, 6.07) is 0. The zero-order chi connectivity index (χ0) is 21.8. The number of rotatable bonds is 3. The number of anilines is 1. The van der Waals surface area contributed by atoms with Crippen LogP contribution in [0.4, 0.5) is 5.95 Å². The molecule has 0 N–H and O–H groups in total. The zero-order valence-corrected chi connectivity index (χ0v) is 19.1. The molecule has 4 heterocycles. The highest BCUT2D eigenvalue weighted by Gasteiger charge is 2.35. The summed E-state index contributed by atoms with van der Waals surface area (Å²) in [5.74, 6) is 1.13. The molecule has 1 aliphatic heterocycles. The molecule has 1 saturated heterocycles. The van der Waals surface area contributed by atoms with Crippen LogP contribution in [-0.4, -0.2) is 49.4 Å². The second-order valence-electron chi connectivity index (χ2n) is 9.83. The van der Waals surface area contributed by atoms with Gasteiger partial charge >= 0.3 is 0 Å². The van der Waals surface area contributed by atoms with E-state index in [1.54, 1.807) is 0 Å². The van der Waals surface area contributed by atoms with E-state index in [4.69, 9.17) is 24.7 Å². The van der Waals surface area contributed by atoms with Gasteiger partial charge in [0, 0.05) is 31.3 Å². The Balaban J connectivity index is 1.55. The maximum absolute atomic E-state index is 6.03. The van der Waals surface area contributed by atoms with Crippen molar-refractivity contribution in [3.05, 3.63) is 35.0 Å². The fourth-order valence-electron chi connectivity index (χ4n) is 4.86. The molecule has 164 valence electrons. The zero-order valence-electron chi connectivity index (χ0n) is 19.1. The van der Waals surface area contributed by atoms with Gasteiger partial charge in [0.15, 0.2) is 5.65 Å². The lowest BCUT2D eigenvalue weighted by atomic mass is 9.89. The molecular weight excluding hydrogens is 390 g/mol. The minimum absolute atomic E-state index is 0.0403. The molecule has 8 heteroatoms. The van der Waals surface area contributed by atoms with Crippen LogP contribution in [0.1, 0.15) is 67.8 Å². The number of fused-ring (bicyclic) bond motifs is 1. The Labute approximate surface area is 183 Å². The van der Waals surface area contributed by atoms with Gasteiger partial charge in [-0.05, 0) is 38.5 Å². The van der Waals surface area contributed by atoms with E-state index in [0.29, 0.717) is 30.1 Å². The van der Waals surface area contributed by atoms with Crippen LogP contribution in [0.25, 0.3) is 11.2 Å². The van der Waals surface area contributed by atoms with E-state index in [2.05, 4.69) is 23.8 Å². The lowest BCUT2D eigenvalue weighted by Crippen LogP contribution is -2.39. The highest BCUT2D eigenvalue weighted by molar-refractivity contribution is 5.75. The van der Waals surface area contributed by atoms with Gasteiger partial charge in [0.1, 0.15) is 11.6 Å². The Morgan fingerprint density at radius 2 is 1.90 bits per heavy atom. The van der Waals surface area contributed by atoms with Crippen LogP contribution in [0.15, 0.2) is 12.4 Å². The van der Waals surface area contributed by atoms with E-state index in [-0.39, 0.29) is 6.10 Å². The highest BCUT2D eigenvalue weighted by Crippen LogP contribution is 2.46. The standard InChI is InChI=1S/C23H31N7O/c1-14-15(2)26-21-20(25-14)19(16-6-7-23(3,4)10-16)27-22(28-21)30-8-9-31-18(13-30)17-11-24-29(5)12-17/h11-12,16,18H,6-10,13H2,1-5H3/t16-,18?/m1/s1. The number of aromatic nitrogens is 6. The Bertz CT molecular complexity index is 1120. The number of morpholine rings is 1. The maximum Gasteiger partial charge on any atom is 0.227 e. The monoisotopic (exact) mass is 421 g/mol. The summed E-state index contributed by atoms with van der Waals surface area (Å²) in [6.45, 7) is 10.8. The van der Waals surface area contributed by atoms with Crippen molar-refractivity contribution in [2.24, 2.45) is 12.5 Å². The summed E-state index contributed by atoms with van der Waals surface area (Å²) in [5, 5.41) is 4.30. The molecule has 1 unspecified atom stereocenters. The number of hydrogen-bond donors (Lipinski definition) is 0. The summed E-state index contributed by atoms with van der Waals surface area (Å²) in [5.41, 5.74) is 5.92. The molecule has 0 bridgehead atoms. The largest absolute Gasteiger partial charge is 0.370 e. The summed E-state index contributed by atoms with van der Waals surface area (Å²) in [4.78, 5) is 21.9. The lowest BCUT2D eigenvalue weighted by molar-refractivity contribution is 0.0392. The van der Waals surface area contributed by atoms with Crippen molar-refractivity contribution < 1.29 is 4.74 Å². The first kappa shape index (κ1) is 20.3. The second-order valence-corrected chi connectivity index (χ2v) is 9.83. The summed E-state index contributed by atoms with van der Waals surface area (Å²) in [7, 11) is 1.93. The van der Waals surface area contributed by atoms with Gasteiger partial charge in [-0.3, -0.25) is 4.68 Å². The van der Waals surface area contributed by atoms with Crippen molar-refractivity contribution in [1.29, 1.82) is 0 Å². The van der Waals surface area contributed by atoms with Gasteiger partial charge in [-0.1, -0.05) is 13.8 Å². The minimum Gasteiger partial charge on any atom is -0.370 e. The van der Waals surface area contributed by atoms with Crippen LogP contribution in [0, 0.1) is 19.3 Å². The molecule has 2 fully saturated rings. The third kappa shape index (κ3) is 3.89. The molecule has 0 amide bonds. The number of aryl methyl sites for hydroxylation is 3. The number of hydrogen-bond acceptors (Lipinski definition) is 7. The van der Waals surface area contributed by atoms with Crippen LogP contribution in [-0.2, 0) is 11.8 Å². The Hall–Kier alpha value is -2.61. The van der Waals surface area contributed by atoms with Gasteiger partial charge in [0.05, 0.1) is 36.4 Å². The van der Waals surface area contributed by atoms with Crippen molar-refractivity contribution >= 4 is 17.1 Å². The van der Waals surface area contributed by atoms with E-state index in [9.17, 15) is 0 Å². The Morgan fingerprint density at radius 1 is 1.10 bits per heavy atom. The van der Waals surface area contributed by atoms with Crippen LogP contribution in [0.3, 0.4) is 0 Å². The van der Waals surface area contributed by atoms with Crippen LogP contribution in [0.5, 0.6) is 0 Å². The van der Waals surface area contributed by atoms with Gasteiger partial charge in [-0.2, -0.15) is 10.1 Å². The maximum atomic E-state index is 6.03. The average molecular weight is 422 g/mol. The van der Waals surface area contributed by atoms with E-state index >= 15 is 0 Å². The SMILES string of the molecule is Cc1nc2nc(N3CCOC(c4cnn(C)c4)C3)nc([C@@H]3CCC(C)(C)C3)c2nc1C. The van der Waals surface area contributed by atoms with Crippen LogP contribution in [0.2, 0.25) is 0 Å². The topological polar surface area (TPSA) is 81.9 Å². The fourth-order valence-corrected chi connectivity index (χ4v) is 4.86. The molecular formula is C23H31N7O. The van der Waals surface area contributed by atoms with Gasteiger partial charge in [-0.15, -0.1) is 0 Å². The lowest BCUT2D eigenvalue weighted by Gasteiger charge is -2.33. The number of ether oxygens (including phenoxy) is 1. The van der Waals surface area contributed by atoms with E-state index in [1.165, 1.54) is 6.42 Å². The third-order valence-corrected chi connectivity index (χ3v) is 6.76. The third-order valence-electron chi connectivity index (χ3n) is 6.76. The first-order valence-corrected chi connectivity index (χ1v) is 11.2. The van der Waals surface area contributed by atoms with Gasteiger partial charge in [0.25, 0.3) is 0 Å². The molecule has 1 saturated carbocycles. The van der Waals surface area contributed by atoms with Crippen molar-refractivity contribution in [3.63, 3.8) is 0 Å². The molecule has 3 aromatic heterocycles. The molecule has 0 aromatic carbocycles. The molecule has 5 rings (SSSR count). The van der Waals surface area contributed by atoms with Crippen LogP contribution < -0.4 is 4.90 Å². The normalized spacial score (nSPS) is 23.6. The van der Waals surface area contributed by atoms with E-state index < -0.39 is 0 Å². The second kappa shape index (κ2) is 7.51. The van der Waals surface area contributed by atoms with Gasteiger partial charge in [-0.25, -0.2) is 15.0 Å². The van der Waals surface area contributed by atoms with Crippen LogP contribution >= 0.6 is 0 Å². The van der Waals surface area contributed by atoms with E-state index in [1.807, 2.05) is 38.0 Å². The molecule has 2 atom stereocenters. The first-order valence-electron chi connectivity index (χ1n) is 11.2. The van der Waals surface area contributed by atoms with E-state index in [0.717, 1.165) is 53.5 Å². The highest BCUT2D eigenvalue weighted by atomic mass is 16.5. The molecule has 1 aliphatic carbocycles. The quantitative estimate of drug-likeness (QED) is 0.638. The summed E-state index contributed by atoms with van der Waals surface area (Å²) in [6.07, 6.45) is 7.31. The first-order chi connectivity index (χ1) is 14.8. The fraction of sp³-hybridized carbons (Fsp3) is 0.609. The molecule has 31 heavy (non-hydrogen) atoms. The minimum atomic E-state index is -0.0403. The predicted octanol–water partition coefficient (Wildman–Crippen LogP) is 3.64. The van der Waals surface area contributed by atoms with Gasteiger partial charge in [0.2, 0.25) is 5.95 Å². The molecule has 0 radical (unpaired) electrons. The predicted molar refractivity (Wildman–Crippen MR) is 119 cm³/mol.